The number of anilines is 1. The number of nitrogens with zero attached hydrogens (tertiary/aromatic N) is 1. The van der Waals surface area contributed by atoms with Crippen LogP contribution in [-0.2, 0) is 21.2 Å². The topological polar surface area (TPSA) is 108 Å². The summed E-state index contributed by atoms with van der Waals surface area (Å²) in [7, 11) is -1.71. The highest BCUT2D eigenvalue weighted by Gasteiger charge is 2.15. The largest absolute Gasteiger partial charge is 0.338 e. The third kappa shape index (κ3) is 8.47. The van der Waals surface area contributed by atoms with Crippen LogP contribution in [0.25, 0.3) is 0 Å². The van der Waals surface area contributed by atoms with E-state index in [2.05, 4.69) is 16.0 Å². The number of hydrogen-bond acceptors (Lipinski definition) is 4. The molecule has 0 bridgehead atoms. The Morgan fingerprint density at radius 2 is 1.85 bits per heavy atom. The molecular weight excluding hydrogens is 447 g/mol. The van der Waals surface area contributed by atoms with Gasteiger partial charge in [0.05, 0.1) is 18.2 Å². The molecule has 0 saturated heterocycles. The molecule has 0 aliphatic carbocycles. The molecule has 0 aromatic heterocycles. The molecule has 0 heterocycles. The fourth-order valence-electron chi connectivity index (χ4n) is 3.10. The standard InChI is InChI=1S/C23H31FN4O4S/c1-4-33(31,32)28(3)14-8-13-25-23(30)26-17(2)18-10-7-11-20(15-18)27-22(29)16-19-9-5-6-12-21(19)24/h5-7,9-12,15,17H,4,8,13-14,16H2,1-3H3,(H,27,29)(H2,25,26,30)/t17-/m1/s1. The SMILES string of the molecule is CCS(=O)(=O)N(C)CCCNC(=O)N[C@H](C)c1cccc(NC(=O)Cc2ccccc2F)c1. The number of urea groups is 1. The third-order valence-corrected chi connectivity index (χ3v) is 6.96. The van der Waals surface area contributed by atoms with E-state index in [-0.39, 0.29) is 30.2 Å². The van der Waals surface area contributed by atoms with Crippen molar-refractivity contribution in [1.29, 1.82) is 0 Å². The molecule has 0 unspecified atom stereocenters. The van der Waals surface area contributed by atoms with Crippen molar-refractivity contribution in [3.8, 4) is 0 Å². The molecule has 3 amide bonds. The number of amides is 3. The quantitative estimate of drug-likeness (QED) is 0.432. The van der Waals surface area contributed by atoms with Crippen LogP contribution in [0.1, 0.15) is 37.4 Å². The first-order valence-corrected chi connectivity index (χ1v) is 12.3. The van der Waals surface area contributed by atoms with Gasteiger partial charge in [0.2, 0.25) is 15.9 Å². The average Bonchev–Trinajstić information content (AvgIpc) is 2.78. The van der Waals surface area contributed by atoms with E-state index in [0.717, 1.165) is 5.56 Å². The molecule has 33 heavy (non-hydrogen) atoms. The van der Waals surface area contributed by atoms with E-state index < -0.39 is 15.8 Å². The van der Waals surface area contributed by atoms with E-state index in [1.165, 1.54) is 17.4 Å². The predicted octanol–water partition coefficient (Wildman–Crippen LogP) is 3.04. The van der Waals surface area contributed by atoms with Crippen molar-refractivity contribution in [1.82, 2.24) is 14.9 Å². The number of benzene rings is 2. The van der Waals surface area contributed by atoms with Gasteiger partial charge in [0.15, 0.2) is 0 Å². The molecule has 0 aliphatic rings. The molecule has 2 rings (SSSR count). The Bertz CT molecular complexity index is 1060. The van der Waals surface area contributed by atoms with E-state index in [0.29, 0.717) is 30.8 Å². The van der Waals surface area contributed by atoms with Crippen LogP contribution in [-0.4, -0.2) is 50.6 Å². The van der Waals surface area contributed by atoms with Crippen molar-refractivity contribution >= 4 is 27.6 Å². The van der Waals surface area contributed by atoms with Crippen molar-refractivity contribution in [2.24, 2.45) is 0 Å². The maximum atomic E-state index is 13.7. The number of rotatable bonds is 11. The highest BCUT2D eigenvalue weighted by Crippen LogP contribution is 2.18. The Morgan fingerprint density at radius 1 is 1.12 bits per heavy atom. The molecule has 10 heteroatoms. The molecule has 0 spiro atoms. The first-order valence-electron chi connectivity index (χ1n) is 10.7. The highest BCUT2D eigenvalue weighted by atomic mass is 32.2. The molecule has 2 aromatic carbocycles. The molecule has 0 radical (unpaired) electrons. The van der Waals surface area contributed by atoms with Crippen molar-refractivity contribution in [2.75, 3.05) is 31.2 Å². The molecule has 0 aliphatic heterocycles. The molecule has 1 atom stereocenters. The predicted molar refractivity (Wildman–Crippen MR) is 127 cm³/mol. The normalized spacial score (nSPS) is 12.3. The van der Waals surface area contributed by atoms with Crippen LogP contribution in [0.4, 0.5) is 14.9 Å². The summed E-state index contributed by atoms with van der Waals surface area (Å²) in [5, 5.41) is 8.27. The van der Waals surface area contributed by atoms with Gasteiger partial charge in [-0.1, -0.05) is 30.3 Å². The lowest BCUT2D eigenvalue weighted by molar-refractivity contribution is -0.115. The van der Waals surface area contributed by atoms with Gasteiger partial charge in [0.1, 0.15) is 5.82 Å². The Hall–Kier alpha value is -2.98. The molecule has 180 valence electrons. The Balaban J connectivity index is 1.82. The van der Waals surface area contributed by atoms with E-state index in [1.54, 1.807) is 43.3 Å². The minimum absolute atomic E-state index is 0.0393. The lowest BCUT2D eigenvalue weighted by Crippen LogP contribution is -2.38. The lowest BCUT2D eigenvalue weighted by Gasteiger charge is -2.18. The van der Waals surface area contributed by atoms with E-state index in [4.69, 9.17) is 0 Å². The van der Waals surface area contributed by atoms with Gasteiger partial charge in [-0.2, -0.15) is 0 Å². The minimum Gasteiger partial charge on any atom is -0.338 e. The summed E-state index contributed by atoms with van der Waals surface area (Å²) in [6.45, 7) is 4.04. The van der Waals surface area contributed by atoms with Crippen molar-refractivity contribution in [2.45, 2.75) is 32.7 Å². The molecule has 0 saturated carbocycles. The molecule has 3 N–H and O–H groups in total. The van der Waals surface area contributed by atoms with Gasteiger partial charge in [-0.15, -0.1) is 0 Å². The molecule has 0 fully saturated rings. The third-order valence-electron chi connectivity index (χ3n) is 5.10. The van der Waals surface area contributed by atoms with Gasteiger partial charge in [0, 0.05) is 25.8 Å². The Kier molecular flexibility index (Phi) is 9.80. The van der Waals surface area contributed by atoms with Crippen LogP contribution in [0.15, 0.2) is 48.5 Å². The number of carbonyl (C=O) groups is 2. The molecule has 2 aromatic rings. The summed E-state index contributed by atoms with van der Waals surface area (Å²) in [6, 6.07) is 12.5. The van der Waals surface area contributed by atoms with Crippen molar-refractivity contribution in [3.63, 3.8) is 0 Å². The number of nitrogens with one attached hydrogen (secondary N) is 3. The van der Waals surface area contributed by atoms with Crippen LogP contribution in [0.2, 0.25) is 0 Å². The summed E-state index contributed by atoms with van der Waals surface area (Å²) in [4.78, 5) is 24.4. The van der Waals surface area contributed by atoms with Crippen LogP contribution in [0, 0.1) is 5.82 Å². The van der Waals surface area contributed by atoms with Gasteiger partial charge in [-0.3, -0.25) is 4.79 Å². The monoisotopic (exact) mass is 478 g/mol. The average molecular weight is 479 g/mol. The van der Waals surface area contributed by atoms with Gasteiger partial charge < -0.3 is 16.0 Å². The van der Waals surface area contributed by atoms with Crippen LogP contribution < -0.4 is 16.0 Å². The fourth-order valence-corrected chi connectivity index (χ4v) is 3.95. The summed E-state index contributed by atoms with van der Waals surface area (Å²) in [6.07, 6.45) is 0.406. The zero-order valence-electron chi connectivity index (χ0n) is 19.1. The molecular formula is C23H31FN4O4S. The summed E-state index contributed by atoms with van der Waals surface area (Å²) in [5.41, 5.74) is 1.64. The second-order valence-corrected chi connectivity index (χ2v) is 10.0. The van der Waals surface area contributed by atoms with Gasteiger partial charge in [0.25, 0.3) is 0 Å². The zero-order valence-corrected chi connectivity index (χ0v) is 19.9. The Labute approximate surface area is 194 Å². The second kappa shape index (κ2) is 12.3. The minimum atomic E-state index is -3.23. The maximum absolute atomic E-state index is 13.7. The first-order chi connectivity index (χ1) is 15.6. The van der Waals surface area contributed by atoms with Gasteiger partial charge >= 0.3 is 6.03 Å². The van der Waals surface area contributed by atoms with Gasteiger partial charge in [-0.05, 0) is 49.6 Å². The summed E-state index contributed by atoms with van der Waals surface area (Å²) in [5.74, 6) is -0.730. The lowest BCUT2D eigenvalue weighted by atomic mass is 10.1. The smallest absolute Gasteiger partial charge is 0.315 e. The van der Waals surface area contributed by atoms with Crippen LogP contribution in [0.5, 0.6) is 0 Å². The fraction of sp³-hybridized carbons (Fsp3) is 0.391. The van der Waals surface area contributed by atoms with E-state index in [1.807, 2.05) is 13.0 Å². The number of sulfonamides is 1. The summed E-state index contributed by atoms with van der Waals surface area (Å²) >= 11 is 0. The number of hydrogen-bond donors (Lipinski definition) is 3. The van der Waals surface area contributed by atoms with Crippen LogP contribution in [0.3, 0.4) is 0 Å². The van der Waals surface area contributed by atoms with E-state index >= 15 is 0 Å². The van der Waals surface area contributed by atoms with Crippen LogP contribution >= 0.6 is 0 Å². The Morgan fingerprint density at radius 3 is 2.55 bits per heavy atom. The first kappa shape index (κ1) is 26.3. The number of halogens is 1. The van der Waals surface area contributed by atoms with Gasteiger partial charge in [-0.25, -0.2) is 21.9 Å². The number of carbonyl (C=O) groups excluding carboxylic acids is 2. The van der Waals surface area contributed by atoms with E-state index in [9.17, 15) is 22.4 Å². The second-order valence-electron chi connectivity index (χ2n) is 7.64. The van der Waals surface area contributed by atoms with Crippen molar-refractivity contribution < 1.29 is 22.4 Å². The highest BCUT2D eigenvalue weighted by molar-refractivity contribution is 7.89. The van der Waals surface area contributed by atoms with Crippen molar-refractivity contribution in [3.05, 3.63) is 65.5 Å². The maximum Gasteiger partial charge on any atom is 0.315 e. The molecule has 8 nitrogen and oxygen atoms in total. The summed E-state index contributed by atoms with van der Waals surface area (Å²) < 4.78 is 38.5. The zero-order chi connectivity index (χ0) is 24.4.